The van der Waals surface area contributed by atoms with Crippen LogP contribution in [-0.2, 0) is 0 Å². The van der Waals surface area contributed by atoms with Gasteiger partial charge in [-0.25, -0.2) is 0 Å². The van der Waals surface area contributed by atoms with Gasteiger partial charge < -0.3 is 9.47 Å². The summed E-state index contributed by atoms with van der Waals surface area (Å²) in [6, 6.07) is 6.23. The van der Waals surface area contributed by atoms with Crippen LogP contribution in [0.1, 0.15) is 37.2 Å². The molecular weight excluding hydrogens is 188 g/mol. The van der Waals surface area contributed by atoms with Gasteiger partial charge in [-0.05, 0) is 25.3 Å². The second-order valence-corrected chi connectivity index (χ2v) is 4.45. The largest absolute Gasteiger partial charge is 0.497 e. The van der Waals surface area contributed by atoms with Gasteiger partial charge in [0.25, 0.3) is 0 Å². The van der Waals surface area contributed by atoms with Gasteiger partial charge in [0.2, 0.25) is 0 Å². The molecule has 2 heteroatoms. The molecule has 0 N–H and O–H groups in total. The number of ether oxygens (including phenoxy) is 2. The molecule has 80 valence electrons. The Balaban J connectivity index is 1.96. The molecule has 3 rings (SSSR count). The Morgan fingerprint density at radius 3 is 3.00 bits per heavy atom. The van der Waals surface area contributed by atoms with E-state index in [1.165, 1.54) is 31.2 Å². The molecule has 1 saturated carbocycles. The maximum atomic E-state index is 5.97. The van der Waals surface area contributed by atoms with Gasteiger partial charge in [0.15, 0.2) is 0 Å². The fraction of sp³-hybridized carbons (Fsp3) is 0.538. The van der Waals surface area contributed by atoms with Gasteiger partial charge in [-0.1, -0.05) is 12.5 Å². The number of rotatable bonds is 1. The fourth-order valence-corrected chi connectivity index (χ4v) is 2.81. The predicted molar refractivity (Wildman–Crippen MR) is 58.6 cm³/mol. The summed E-state index contributed by atoms with van der Waals surface area (Å²) in [6.45, 7) is 0. The lowest BCUT2D eigenvalue weighted by Gasteiger charge is -2.23. The molecule has 2 unspecified atom stereocenters. The van der Waals surface area contributed by atoms with Crippen LogP contribution in [0.15, 0.2) is 18.2 Å². The van der Waals surface area contributed by atoms with E-state index in [-0.39, 0.29) is 0 Å². The van der Waals surface area contributed by atoms with Gasteiger partial charge in [-0.15, -0.1) is 0 Å². The SMILES string of the molecule is COc1ccc2c(c1)OC1CCCCC21. The zero-order chi connectivity index (χ0) is 10.3. The lowest BCUT2D eigenvalue weighted by molar-refractivity contribution is 0.164. The predicted octanol–water partition coefficient (Wildman–Crippen LogP) is 3.11. The molecule has 0 bridgehead atoms. The molecule has 2 nitrogen and oxygen atoms in total. The van der Waals surface area contributed by atoms with Crippen LogP contribution in [0.2, 0.25) is 0 Å². The summed E-state index contributed by atoms with van der Waals surface area (Å²) in [7, 11) is 1.70. The van der Waals surface area contributed by atoms with Gasteiger partial charge in [0.05, 0.1) is 7.11 Å². The molecule has 2 atom stereocenters. The second kappa shape index (κ2) is 3.44. The molecule has 15 heavy (non-hydrogen) atoms. The third-order valence-electron chi connectivity index (χ3n) is 3.60. The van der Waals surface area contributed by atoms with Gasteiger partial charge in [0, 0.05) is 17.5 Å². The van der Waals surface area contributed by atoms with Crippen LogP contribution < -0.4 is 9.47 Å². The molecular formula is C13H16O2. The Morgan fingerprint density at radius 2 is 2.13 bits per heavy atom. The van der Waals surface area contributed by atoms with E-state index < -0.39 is 0 Å². The van der Waals surface area contributed by atoms with Crippen molar-refractivity contribution in [2.24, 2.45) is 0 Å². The van der Waals surface area contributed by atoms with Crippen LogP contribution in [0, 0.1) is 0 Å². The molecule has 2 aliphatic rings. The summed E-state index contributed by atoms with van der Waals surface area (Å²) in [6.07, 6.45) is 5.58. The van der Waals surface area contributed by atoms with E-state index in [0.29, 0.717) is 12.0 Å². The normalized spacial score (nSPS) is 27.8. The molecule has 1 aliphatic carbocycles. The van der Waals surface area contributed by atoms with Gasteiger partial charge in [-0.3, -0.25) is 0 Å². The van der Waals surface area contributed by atoms with Crippen molar-refractivity contribution in [3.8, 4) is 11.5 Å². The van der Waals surface area contributed by atoms with E-state index >= 15 is 0 Å². The van der Waals surface area contributed by atoms with Crippen molar-refractivity contribution in [2.75, 3.05) is 7.11 Å². The van der Waals surface area contributed by atoms with Crippen LogP contribution >= 0.6 is 0 Å². The van der Waals surface area contributed by atoms with Gasteiger partial charge in [0.1, 0.15) is 17.6 Å². The average Bonchev–Trinajstić information content (AvgIpc) is 2.66. The van der Waals surface area contributed by atoms with E-state index in [0.717, 1.165) is 11.5 Å². The van der Waals surface area contributed by atoms with Crippen molar-refractivity contribution >= 4 is 0 Å². The van der Waals surface area contributed by atoms with E-state index in [1.54, 1.807) is 7.11 Å². The summed E-state index contributed by atoms with van der Waals surface area (Å²) in [5.41, 5.74) is 1.39. The minimum Gasteiger partial charge on any atom is -0.497 e. The average molecular weight is 204 g/mol. The molecule has 1 heterocycles. The van der Waals surface area contributed by atoms with Crippen molar-refractivity contribution in [1.82, 2.24) is 0 Å². The maximum absolute atomic E-state index is 5.97. The highest BCUT2D eigenvalue weighted by Crippen LogP contribution is 2.46. The Kier molecular flexibility index (Phi) is 2.08. The minimum atomic E-state index is 0.431. The standard InChI is InChI=1S/C13H16O2/c1-14-9-6-7-11-10-4-2-3-5-12(10)15-13(11)8-9/h6-8,10,12H,2-5H2,1H3. The number of benzene rings is 1. The molecule has 0 radical (unpaired) electrons. The van der Waals surface area contributed by atoms with Crippen molar-refractivity contribution in [3.05, 3.63) is 23.8 Å². The Morgan fingerprint density at radius 1 is 1.27 bits per heavy atom. The van der Waals surface area contributed by atoms with Crippen LogP contribution in [0.25, 0.3) is 0 Å². The first kappa shape index (κ1) is 9.08. The Bertz CT molecular complexity index is 373. The Hall–Kier alpha value is -1.18. The third kappa shape index (κ3) is 1.39. The molecule has 0 spiro atoms. The Labute approximate surface area is 90.2 Å². The lowest BCUT2D eigenvalue weighted by atomic mass is 9.83. The van der Waals surface area contributed by atoms with Gasteiger partial charge in [-0.2, -0.15) is 0 Å². The first-order valence-electron chi connectivity index (χ1n) is 5.73. The quantitative estimate of drug-likeness (QED) is 0.699. The minimum absolute atomic E-state index is 0.431. The summed E-state index contributed by atoms with van der Waals surface area (Å²) < 4.78 is 11.2. The first-order chi connectivity index (χ1) is 7.38. The highest BCUT2D eigenvalue weighted by atomic mass is 16.5. The lowest BCUT2D eigenvalue weighted by Crippen LogP contribution is -2.22. The second-order valence-electron chi connectivity index (χ2n) is 4.45. The number of hydrogen-bond acceptors (Lipinski definition) is 2. The van der Waals surface area contributed by atoms with Gasteiger partial charge >= 0.3 is 0 Å². The van der Waals surface area contributed by atoms with E-state index in [9.17, 15) is 0 Å². The molecule has 0 aromatic heterocycles. The van der Waals surface area contributed by atoms with E-state index in [4.69, 9.17) is 9.47 Å². The van der Waals surface area contributed by atoms with Crippen molar-refractivity contribution in [3.63, 3.8) is 0 Å². The van der Waals surface area contributed by atoms with Crippen LogP contribution in [0.4, 0.5) is 0 Å². The van der Waals surface area contributed by atoms with Crippen LogP contribution in [0.3, 0.4) is 0 Å². The summed E-state index contributed by atoms with van der Waals surface area (Å²) in [4.78, 5) is 0. The van der Waals surface area contributed by atoms with Crippen molar-refractivity contribution < 1.29 is 9.47 Å². The van der Waals surface area contributed by atoms with Crippen LogP contribution in [0.5, 0.6) is 11.5 Å². The van der Waals surface area contributed by atoms with Crippen molar-refractivity contribution in [1.29, 1.82) is 0 Å². The summed E-state index contributed by atoms with van der Waals surface area (Å²) >= 11 is 0. The number of hydrogen-bond donors (Lipinski definition) is 0. The molecule has 0 amide bonds. The number of methoxy groups -OCH3 is 1. The number of fused-ring (bicyclic) bond motifs is 3. The molecule has 1 aliphatic heterocycles. The van der Waals surface area contributed by atoms with E-state index in [2.05, 4.69) is 6.07 Å². The third-order valence-corrected chi connectivity index (χ3v) is 3.60. The molecule has 1 aromatic rings. The highest BCUT2D eigenvalue weighted by molar-refractivity contribution is 5.46. The monoisotopic (exact) mass is 204 g/mol. The zero-order valence-electron chi connectivity index (χ0n) is 9.03. The smallest absolute Gasteiger partial charge is 0.127 e. The fourth-order valence-electron chi connectivity index (χ4n) is 2.81. The summed E-state index contributed by atoms with van der Waals surface area (Å²) in [5, 5.41) is 0. The molecule has 1 aromatic carbocycles. The topological polar surface area (TPSA) is 18.5 Å². The van der Waals surface area contributed by atoms with Crippen LogP contribution in [-0.4, -0.2) is 13.2 Å². The first-order valence-corrected chi connectivity index (χ1v) is 5.73. The highest BCUT2D eigenvalue weighted by Gasteiger charge is 2.35. The maximum Gasteiger partial charge on any atom is 0.127 e. The van der Waals surface area contributed by atoms with E-state index in [1.807, 2.05) is 12.1 Å². The molecule has 0 saturated heterocycles. The molecule has 1 fully saturated rings. The zero-order valence-corrected chi connectivity index (χ0v) is 9.03. The van der Waals surface area contributed by atoms with Crippen molar-refractivity contribution in [2.45, 2.75) is 37.7 Å². The summed E-state index contributed by atoms with van der Waals surface area (Å²) in [5.74, 6) is 2.58.